The lowest BCUT2D eigenvalue weighted by atomic mass is 9.83. The Labute approximate surface area is 210 Å². The Bertz CT molecular complexity index is 737. The molecule has 2 saturated heterocycles. The highest BCUT2D eigenvalue weighted by Gasteiger charge is 2.54. The van der Waals surface area contributed by atoms with Gasteiger partial charge in [-0.2, -0.15) is 22.2 Å². The number of hydrogen-bond acceptors (Lipinski definition) is 12. The van der Waals surface area contributed by atoms with Crippen LogP contribution in [0.1, 0.15) is 33.1 Å². The van der Waals surface area contributed by atoms with Gasteiger partial charge in [0.05, 0.1) is 36.9 Å². The number of nitrogens with zero attached hydrogens (tertiary/aromatic N) is 1. The van der Waals surface area contributed by atoms with Gasteiger partial charge in [-0.25, -0.2) is 0 Å². The molecule has 12 unspecified atom stereocenters. The van der Waals surface area contributed by atoms with Gasteiger partial charge in [0.15, 0.2) is 12.6 Å². The number of ether oxygens (including phenoxy) is 4. The lowest BCUT2D eigenvalue weighted by Gasteiger charge is -2.49. The van der Waals surface area contributed by atoms with Crippen molar-refractivity contribution in [2.24, 2.45) is 0 Å². The maximum absolute atomic E-state index is 14.0. The van der Waals surface area contributed by atoms with Crippen LogP contribution in [-0.2, 0) is 18.9 Å². The molecule has 7 N–H and O–H groups in total. The van der Waals surface area contributed by atoms with E-state index in [2.05, 4.69) is 0 Å². The molecule has 0 spiro atoms. The van der Waals surface area contributed by atoms with Crippen LogP contribution in [0.3, 0.4) is 0 Å². The number of aliphatic hydroxyl groups excluding tert-OH is 2. The molecule has 12 nitrogen and oxygen atoms in total. The molecule has 0 bridgehead atoms. The highest BCUT2D eigenvalue weighted by Crippen LogP contribution is 2.35. The van der Waals surface area contributed by atoms with Gasteiger partial charge < -0.3 is 34.3 Å². The van der Waals surface area contributed by atoms with Gasteiger partial charge in [-0.3, -0.25) is 0 Å². The Morgan fingerprint density at radius 3 is 2.03 bits per heavy atom. The molecular weight excluding hydrogens is 517 g/mol. The second-order valence-corrected chi connectivity index (χ2v) is 10.4. The molecule has 0 aromatic rings. The van der Waals surface area contributed by atoms with E-state index in [0.29, 0.717) is 0 Å². The maximum atomic E-state index is 14.0. The Morgan fingerprint density at radius 1 is 0.946 bits per heavy atom. The van der Waals surface area contributed by atoms with E-state index in [1.54, 1.807) is 6.92 Å². The summed E-state index contributed by atoms with van der Waals surface area (Å²) in [7, 11) is 0.971. The molecule has 3 rings (SSSR count). The fourth-order valence-electron chi connectivity index (χ4n) is 5.26. The molecule has 3 fully saturated rings. The number of halogens is 5. The zero-order valence-corrected chi connectivity index (χ0v) is 20.6. The zero-order chi connectivity index (χ0) is 27.5. The maximum Gasteiger partial charge on any atom is 0.185 e. The van der Waals surface area contributed by atoms with Gasteiger partial charge in [0.1, 0.15) is 36.1 Å². The van der Waals surface area contributed by atoms with E-state index in [1.165, 1.54) is 29.1 Å². The first-order chi connectivity index (χ1) is 17.4. The minimum Gasteiger partial charge on any atom is -0.388 e. The summed E-state index contributed by atoms with van der Waals surface area (Å²) in [5.74, 6) is 0. The van der Waals surface area contributed by atoms with Crippen LogP contribution in [0.15, 0.2) is 0 Å². The lowest BCUT2D eigenvalue weighted by Crippen LogP contribution is -2.68. The first-order valence-electron chi connectivity index (χ1n) is 11.9. The quantitative estimate of drug-likeness (QED) is 0.132. The van der Waals surface area contributed by atoms with E-state index in [4.69, 9.17) is 18.9 Å². The highest BCUT2D eigenvalue weighted by atomic mass is 19.2. The SMILES string of the molecule is CN(F)C1C(O)C(OC2C(NF)CC(NF)C(OC3OC(C)(CNF)CCC3NF)C2O)OCC1(C)O. The monoisotopic (exact) mass is 553 g/mol. The van der Waals surface area contributed by atoms with Crippen molar-refractivity contribution >= 4 is 0 Å². The Hall–Kier alpha value is -0.830. The lowest BCUT2D eigenvalue weighted by molar-refractivity contribution is -0.330. The molecule has 3 aliphatic rings. The normalized spacial score (nSPS) is 47.4. The fourth-order valence-corrected chi connectivity index (χ4v) is 5.26. The number of rotatable bonds is 10. The van der Waals surface area contributed by atoms with E-state index >= 15 is 0 Å². The minimum atomic E-state index is -1.81. The van der Waals surface area contributed by atoms with Crippen LogP contribution in [0.2, 0.25) is 0 Å². The average molecular weight is 554 g/mol. The molecule has 1 saturated carbocycles. The number of likely N-dealkylation sites (N-methyl/N-ethyl adjacent to an activating group) is 1. The largest absolute Gasteiger partial charge is 0.388 e. The summed E-state index contributed by atoms with van der Waals surface area (Å²) in [5.41, 5.74) is 2.90. The summed E-state index contributed by atoms with van der Waals surface area (Å²) in [6, 6.07) is -5.23. The van der Waals surface area contributed by atoms with Crippen molar-refractivity contribution in [3.8, 4) is 0 Å². The van der Waals surface area contributed by atoms with Crippen molar-refractivity contribution in [2.75, 3.05) is 20.2 Å². The third-order valence-electron chi connectivity index (χ3n) is 7.29. The van der Waals surface area contributed by atoms with E-state index in [-0.39, 0.29) is 30.9 Å². The molecule has 1 aliphatic carbocycles. The smallest absolute Gasteiger partial charge is 0.185 e. The molecule has 0 aromatic carbocycles. The summed E-state index contributed by atoms with van der Waals surface area (Å²) in [4.78, 5) is 0. The Balaban J connectivity index is 1.80. The van der Waals surface area contributed by atoms with Crippen molar-refractivity contribution in [3.63, 3.8) is 0 Å². The summed E-state index contributed by atoms with van der Waals surface area (Å²) >= 11 is 0. The molecule has 12 atom stereocenters. The van der Waals surface area contributed by atoms with Crippen LogP contribution < -0.4 is 22.2 Å². The number of aliphatic hydroxyl groups is 3. The highest BCUT2D eigenvalue weighted by molar-refractivity contribution is 5.02. The van der Waals surface area contributed by atoms with Crippen LogP contribution in [0.5, 0.6) is 0 Å². The predicted octanol–water partition coefficient (Wildman–Crippen LogP) is -0.928. The fraction of sp³-hybridized carbons (Fsp3) is 1.00. The van der Waals surface area contributed by atoms with E-state index in [9.17, 15) is 37.7 Å². The second kappa shape index (κ2) is 12.6. The van der Waals surface area contributed by atoms with Gasteiger partial charge in [0, 0.05) is 7.05 Å². The van der Waals surface area contributed by atoms with Gasteiger partial charge in [-0.15, -0.1) is 27.5 Å². The number of nitrogens with one attached hydrogen (secondary N) is 4. The third kappa shape index (κ3) is 6.67. The molecular formula is C20H36F5N5O7. The molecule has 0 aromatic heterocycles. The van der Waals surface area contributed by atoms with Gasteiger partial charge in [-0.1, -0.05) is 0 Å². The average Bonchev–Trinajstić information content (AvgIpc) is 2.82. The van der Waals surface area contributed by atoms with Crippen LogP contribution in [0.25, 0.3) is 0 Å². The first-order valence-corrected chi connectivity index (χ1v) is 11.9. The Morgan fingerprint density at radius 2 is 1.51 bits per heavy atom. The third-order valence-corrected chi connectivity index (χ3v) is 7.29. The van der Waals surface area contributed by atoms with Crippen molar-refractivity contribution in [1.29, 1.82) is 0 Å². The van der Waals surface area contributed by atoms with Crippen LogP contribution in [-0.4, -0.2) is 113 Å². The number of hydrogen-bond donors (Lipinski definition) is 7. The van der Waals surface area contributed by atoms with Gasteiger partial charge in [0.25, 0.3) is 0 Å². The van der Waals surface area contributed by atoms with Crippen LogP contribution >= 0.6 is 0 Å². The molecule has 2 heterocycles. The van der Waals surface area contributed by atoms with Gasteiger partial charge >= 0.3 is 0 Å². The summed E-state index contributed by atoms with van der Waals surface area (Å²) in [6.45, 7) is 2.06. The molecule has 2 aliphatic heterocycles. The van der Waals surface area contributed by atoms with Crippen LogP contribution in [0, 0.1) is 0 Å². The predicted molar refractivity (Wildman–Crippen MR) is 115 cm³/mol. The van der Waals surface area contributed by atoms with E-state index in [1.807, 2.05) is 0 Å². The summed E-state index contributed by atoms with van der Waals surface area (Å²) in [6.07, 6.45) is -9.67. The van der Waals surface area contributed by atoms with Crippen molar-refractivity contribution in [1.82, 2.24) is 27.3 Å². The van der Waals surface area contributed by atoms with Gasteiger partial charge in [0.2, 0.25) is 0 Å². The second-order valence-electron chi connectivity index (χ2n) is 10.4. The summed E-state index contributed by atoms with van der Waals surface area (Å²) in [5, 5.41) is 32.1. The summed E-state index contributed by atoms with van der Waals surface area (Å²) < 4.78 is 90.2. The molecule has 37 heavy (non-hydrogen) atoms. The minimum absolute atomic E-state index is 0.0779. The Kier molecular flexibility index (Phi) is 10.4. The van der Waals surface area contributed by atoms with Crippen molar-refractivity contribution in [2.45, 2.75) is 105 Å². The van der Waals surface area contributed by atoms with Crippen molar-refractivity contribution in [3.05, 3.63) is 0 Å². The van der Waals surface area contributed by atoms with Crippen LogP contribution in [0.4, 0.5) is 22.4 Å². The topological polar surface area (TPSA) is 149 Å². The van der Waals surface area contributed by atoms with E-state index in [0.717, 1.165) is 7.05 Å². The molecule has 218 valence electrons. The zero-order valence-electron chi connectivity index (χ0n) is 20.6. The molecule has 0 radical (unpaired) electrons. The van der Waals surface area contributed by atoms with Crippen molar-refractivity contribution < 1.29 is 56.7 Å². The first kappa shape index (κ1) is 30.7. The molecule has 17 heteroatoms. The van der Waals surface area contributed by atoms with Gasteiger partial charge in [-0.05, 0) is 33.1 Å². The van der Waals surface area contributed by atoms with E-state index < -0.39 is 79.0 Å². The molecule has 0 amide bonds. The standard InChI is InChI=1S/C20H36F5N5O7/c1-19(7-26-21)5-4-9(27-22)17(37-19)35-14-10(28-23)6-11(29-24)15(12(14)31)36-18-13(32)16(30(3)25)20(2,33)8-34-18/h9-18,26-29,31-33H,4-8H2,1-3H3.